The number of nitrogens with zero attached hydrogens (tertiary/aromatic N) is 2. The molecule has 2 aromatic carbocycles. The molecule has 3 rings (SSSR count). The normalized spacial score (nSPS) is 11.8. The van der Waals surface area contributed by atoms with Crippen molar-refractivity contribution >= 4 is 34.4 Å². The number of fused-ring (bicyclic) bond motifs is 1. The Bertz CT molecular complexity index is 1130. The number of ether oxygens (including phenoxy) is 1. The SMILES string of the molecule is O=C(COc1ccc(Cl)c(F)c1)NC[C@@H](O)CCNC(=O)c1cnc2cc(F)ccc2n1. The monoisotopic (exact) mass is 464 g/mol. The zero-order chi connectivity index (χ0) is 23.1. The number of aliphatic hydroxyl groups excluding tert-OH is 1. The predicted molar refractivity (Wildman–Crippen MR) is 112 cm³/mol. The molecular formula is C21H19ClF2N4O4. The van der Waals surface area contributed by atoms with Crippen molar-refractivity contribution in [3.63, 3.8) is 0 Å². The van der Waals surface area contributed by atoms with Crippen molar-refractivity contribution in [1.82, 2.24) is 20.6 Å². The number of amides is 2. The Morgan fingerprint density at radius 3 is 2.72 bits per heavy atom. The number of carbonyl (C=O) groups excluding carboxylic acids is 2. The first-order valence-electron chi connectivity index (χ1n) is 9.55. The van der Waals surface area contributed by atoms with E-state index in [1.165, 1.54) is 36.5 Å². The molecule has 0 saturated carbocycles. The molecule has 0 fully saturated rings. The first kappa shape index (κ1) is 23.3. The lowest BCUT2D eigenvalue weighted by atomic mass is 10.2. The minimum atomic E-state index is -0.919. The Kier molecular flexibility index (Phi) is 7.85. The maximum Gasteiger partial charge on any atom is 0.271 e. The molecule has 168 valence electrons. The standard InChI is InChI=1S/C21H19ClF2N4O4/c22-15-3-2-14(8-16(15)24)32-11-20(30)27-9-13(29)5-6-25-21(31)19-10-26-18-7-12(23)1-4-17(18)28-19/h1-4,7-8,10,13,29H,5-6,9,11H2,(H,25,31)(H,27,30)/t13-/m0/s1. The molecule has 1 atom stereocenters. The van der Waals surface area contributed by atoms with Crippen LogP contribution in [0.2, 0.25) is 5.02 Å². The summed E-state index contributed by atoms with van der Waals surface area (Å²) in [6.07, 6.45) is 0.486. The van der Waals surface area contributed by atoms with Crippen molar-refractivity contribution in [2.24, 2.45) is 0 Å². The minimum absolute atomic E-state index is 0.0555. The van der Waals surface area contributed by atoms with Gasteiger partial charge in [0.25, 0.3) is 11.8 Å². The van der Waals surface area contributed by atoms with Gasteiger partial charge in [-0.3, -0.25) is 14.6 Å². The van der Waals surface area contributed by atoms with Gasteiger partial charge in [-0.1, -0.05) is 11.6 Å². The van der Waals surface area contributed by atoms with Crippen LogP contribution < -0.4 is 15.4 Å². The fourth-order valence-electron chi connectivity index (χ4n) is 2.64. The van der Waals surface area contributed by atoms with Gasteiger partial charge in [-0.25, -0.2) is 13.8 Å². The van der Waals surface area contributed by atoms with E-state index >= 15 is 0 Å². The van der Waals surface area contributed by atoms with E-state index in [4.69, 9.17) is 16.3 Å². The van der Waals surface area contributed by atoms with Crippen LogP contribution in [0.4, 0.5) is 8.78 Å². The summed E-state index contributed by atoms with van der Waals surface area (Å²) in [5.41, 5.74) is 0.769. The van der Waals surface area contributed by atoms with Crippen LogP contribution in [0.3, 0.4) is 0 Å². The van der Waals surface area contributed by atoms with Gasteiger partial charge in [0, 0.05) is 25.2 Å². The Hall–Kier alpha value is -3.37. The van der Waals surface area contributed by atoms with Gasteiger partial charge >= 0.3 is 0 Å². The molecule has 0 unspecified atom stereocenters. The topological polar surface area (TPSA) is 113 Å². The van der Waals surface area contributed by atoms with Gasteiger partial charge in [0.1, 0.15) is 23.1 Å². The van der Waals surface area contributed by atoms with Gasteiger partial charge in [0.05, 0.1) is 28.4 Å². The Morgan fingerprint density at radius 1 is 1.12 bits per heavy atom. The highest BCUT2D eigenvalue weighted by Gasteiger charge is 2.12. The molecule has 0 aliphatic rings. The summed E-state index contributed by atoms with van der Waals surface area (Å²) in [6, 6.07) is 7.66. The Morgan fingerprint density at radius 2 is 1.94 bits per heavy atom. The van der Waals surface area contributed by atoms with Crippen LogP contribution in [-0.2, 0) is 4.79 Å². The Labute approximate surface area is 186 Å². The number of aromatic nitrogens is 2. The van der Waals surface area contributed by atoms with E-state index in [1.807, 2.05) is 0 Å². The fourth-order valence-corrected chi connectivity index (χ4v) is 2.75. The number of carbonyl (C=O) groups is 2. The molecular weight excluding hydrogens is 446 g/mol. The number of aliphatic hydroxyl groups is 1. The van der Waals surface area contributed by atoms with Crippen LogP contribution in [-0.4, -0.2) is 52.7 Å². The van der Waals surface area contributed by atoms with Crippen molar-refractivity contribution in [3.8, 4) is 5.75 Å². The van der Waals surface area contributed by atoms with E-state index in [0.717, 1.165) is 6.07 Å². The van der Waals surface area contributed by atoms with Crippen LogP contribution in [0.1, 0.15) is 16.9 Å². The van der Waals surface area contributed by atoms with Gasteiger partial charge in [-0.2, -0.15) is 0 Å². The van der Waals surface area contributed by atoms with E-state index in [0.29, 0.717) is 11.0 Å². The summed E-state index contributed by atoms with van der Waals surface area (Å²) < 4.78 is 31.7. The summed E-state index contributed by atoms with van der Waals surface area (Å²) >= 11 is 5.57. The Balaban J connectivity index is 1.36. The van der Waals surface area contributed by atoms with Crippen LogP contribution in [0.5, 0.6) is 5.75 Å². The van der Waals surface area contributed by atoms with Gasteiger partial charge < -0.3 is 20.5 Å². The van der Waals surface area contributed by atoms with E-state index in [-0.39, 0.29) is 42.6 Å². The van der Waals surface area contributed by atoms with Gasteiger partial charge in [-0.05, 0) is 30.7 Å². The summed E-state index contributed by atoms with van der Waals surface area (Å²) in [6.45, 7) is -0.303. The van der Waals surface area contributed by atoms with E-state index in [9.17, 15) is 23.5 Å². The van der Waals surface area contributed by atoms with Crippen molar-refractivity contribution in [1.29, 1.82) is 0 Å². The summed E-state index contributed by atoms with van der Waals surface area (Å²) in [5, 5.41) is 15.0. The van der Waals surface area contributed by atoms with Gasteiger partial charge in [0.2, 0.25) is 0 Å². The maximum absolute atomic E-state index is 13.3. The van der Waals surface area contributed by atoms with Crippen molar-refractivity contribution in [2.45, 2.75) is 12.5 Å². The highest BCUT2D eigenvalue weighted by Crippen LogP contribution is 2.20. The first-order chi connectivity index (χ1) is 15.3. The fraction of sp³-hybridized carbons (Fsp3) is 0.238. The lowest BCUT2D eigenvalue weighted by Gasteiger charge is -2.13. The lowest BCUT2D eigenvalue weighted by Crippen LogP contribution is -2.37. The number of hydrogen-bond acceptors (Lipinski definition) is 6. The second kappa shape index (κ2) is 10.8. The molecule has 2 amide bonds. The molecule has 0 radical (unpaired) electrons. The largest absolute Gasteiger partial charge is 0.484 e. The molecule has 8 nitrogen and oxygen atoms in total. The molecule has 11 heteroatoms. The summed E-state index contributed by atoms with van der Waals surface area (Å²) in [5.74, 6) is -1.97. The number of rotatable bonds is 9. The first-order valence-corrected chi connectivity index (χ1v) is 9.93. The summed E-state index contributed by atoms with van der Waals surface area (Å²) in [7, 11) is 0. The third-order valence-corrected chi connectivity index (χ3v) is 4.60. The second-order valence-electron chi connectivity index (χ2n) is 6.76. The van der Waals surface area contributed by atoms with Crippen molar-refractivity contribution in [3.05, 3.63) is 64.9 Å². The highest BCUT2D eigenvalue weighted by molar-refractivity contribution is 6.30. The van der Waals surface area contributed by atoms with Gasteiger partial charge in [-0.15, -0.1) is 0 Å². The quantitative estimate of drug-likeness (QED) is 0.447. The summed E-state index contributed by atoms with van der Waals surface area (Å²) in [4.78, 5) is 32.1. The zero-order valence-electron chi connectivity index (χ0n) is 16.6. The van der Waals surface area contributed by atoms with E-state index < -0.39 is 29.6 Å². The molecule has 3 N–H and O–H groups in total. The average Bonchev–Trinajstić information content (AvgIpc) is 2.78. The molecule has 0 spiro atoms. The lowest BCUT2D eigenvalue weighted by molar-refractivity contribution is -0.123. The van der Waals surface area contributed by atoms with Crippen molar-refractivity contribution in [2.75, 3.05) is 19.7 Å². The average molecular weight is 465 g/mol. The predicted octanol–water partition coefficient (Wildman–Crippen LogP) is 2.24. The number of halogens is 3. The number of benzene rings is 2. The molecule has 1 aromatic heterocycles. The van der Waals surface area contributed by atoms with Crippen LogP contribution in [0.15, 0.2) is 42.6 Å². The number of hydrogen-bond donors (Lipinski definition) is 3. The second-order valence-corrected chi connectivity index (χ2v) is 7.16. The molecule has 0 saturated heterocycles. The third kappa shape index (κ3) is 6.56. The minimum Gasteiger partial charge on any atom is -0.484 e. The maximum atomic E-state index is 13.3. The van der Waals surface area contributed by atoms with Crippen LogP contribution in [0.25, 0.3) is 11.0 Å². The molecule has 0 aliphatic heterocycles. The van der Waals surface area contributed by atoms with E-state index in [2.05, 4.69) is 20.6 Å². The van der Waals surface area contributed by atoms with Crippen LogP contribution in [0, 0.1) is 11.6 Å². The molecule has 0 aliphatic carbocycles. The number of nitrogens with one attached hydrogen (secondary N) is 2. The molecule has 0 bridgehead atoms. The smallest absolute Gasteiger partial charge is 0.271 e. The van der Waals surface area contributed by atoms with Crippen LogP contribution >= 0.6 is 11.6 Å². The highest BCUT2D eigenvalue weighted by atomic mass is 35.5. The molecule has 32 heavy (non-hydrogen) atoms. The van der Waals surface area contributed by atoms with E-state index in [1.54, 1.807) is 0 Å². The molecule has 3 aromatic rings. The third-order valence-electron chi connectivity index (χ3n) is 4.30. The zero-order valence-corrected chi connectivity index (χ0v) is 17.4. The van der Waals surface area contributed by atoms with Crippen molar-refractivity contribution < 1.29 is 28.2 Å². The molecule has 1 heterocycles. The van der Waals surface area contributed by atoms with Gasteiger partial charge in [0.15, 0.2) is 6.61 Å².